The zero-order valence-corrected chi connectivity index (χ0v) is 7.97. The summed E-state index contributed by atoms with van der Waals surface area (Å²) in [5, 5.41) is 6.90. The van der Waals surface area contributed by atoms with Crippen molar-refractivity contribution in [1.82, 2.24) is 5.32 Å². The van der Waals surface area contributed by atoms with Crippen molar-refractivity contribution in [1.29, 1.82) is 0 Å². The number of morpholine rings is 1. The van der Waals surface area contributed by atoms with Gasteiger partial charge in [0.1, 0.15) is 6.10 Å². The van der Waals surface area contributed by atoms with Gasteiger partial charge in [0.15, 0.2) is 5.78 Å². The molecule has 2 rings (SSSR count). The molecule has 1 aromatic rings. The van der Waals surface area contributed by atoms with Crippen LogP contribution in [-0.2, 0) is 4.74 Å². The molecular formula is C9H11NO2S. The number of thiophene rings is 1. The number of carbonyl (C=O) groups is 1. The van der Waals surface area contributed by atoms with Gasteiger partial charge in [-0.2, -0.15) is 11.3 Å². The first-order valence-corrected chi connectivity index (χ1v) is 5.21. The Balaban J connectivity index is 2.04. The molecule has 0 aromatic carbocycles. The Labute approximate surface area is 80.7 Å². The van der Waals surface area contributed by atoms with Gasteiger partial charge >= 0.3 is 0 Å². The van der Waals surface area contributed by atoms with Crippen LogP contribution in [-0.4, -0.2) is 31.6 Å². The lowest BCUT2D eigenvalue weighted by molar-refractivity contribution is 0.0270. The van der Waals surface area contributed by atoms with E-state index in [2.05, 4.69) is 5.32 Å². The Morgan fingerprint density at radius 2 is 2.62 bits per heavy atom. The van der Waals surface area contributed by atoms with E-state index in [9.17, 15) is 4.79 Å². The lowest BCUT2D eigenvalue weighted by atomic mass is 10.1. The van der Waals surface area contributed by atoms with E-state index >= 15 is 0 Å². The van der Waals surface area contributed by atoms with E-state index in [1.807, 2.05) is 16.8 Å². The van der Waals surface area contributed by atoms with Gasteiger partial charge in [0.25, 0.3) is 0 Å². The number of ketones is 1. The standard InChI is InChI=1S/C9H11NO2S/c11-9(7-1-4-13-6-7)8-5-10-2-3-12-8/h1,4,6,8,10H,2-3,5H2. The molecular weight excluding hydrogens is 186 g/mol. The number of carbonyl (C=O) groups excluding carboxylic acids is 1. The molecule has 1 unspecified atom stereocenters. The fraction of sp³-hybridized carbons (Fsp3) is 0.444. The fourth-order valence-electron chi connectivity index (χ4n) is 1.32. The van der Waals surface area contributed by atoms with E-state index in [-0.39, 0.29) is 11.9 Å². The molecule has 1 atom stereocenters. The summed E-state index contributed by atoms with van der Waals surface area (Å²) in [6, 6.07) is 1.84. The molecule has 0 amide bonds. The van der Waals surface area contributed by atoms with E-state index in [4.69, 9.17) is 4.74 Å². The van der Waals surface area contributed by atoms with E-state index < -0.39 is 0 Å². The molecule has 2 heterocycles. The molecule has 1 aromatic heterocycles. The number of hydrogen-bond donors (Lipinski definition) is 1. The van der Waals surface area contributed by atoms with Gasteiger partial charge in [-0.25, -0.2) is 0 Å². The summed E-state index contributed by atoms with van der Waals surface area (Å²) in [5.74, 6) is 0.0912. The SMILES string of the molecule is O=C(c1ccsc1)C1CNCCO1. The summed E-state index contributed by atoms with van der Waals surface area (Å²) in [6.07, 6.45) is -0.289. The molecule has 0 spiro atoms. The molecule has 0 bridgehead atoms. The minimum Gasteiger partial charge on any atom is -0.367 e. The fourth-order valence-corrected chi connectivity index (χ4v) is 1.97. The summed E-state index contributed by atoms with van der Waals surface area (Å²) in [6.45, 7) is 2.10. The van der Waals surface area contributed by atoms with Crippen molar-refractivity contribution in [2.24, 2.45) is 0 Å². The maximum atomic E-state index is 11.7. The monoisotopic (exact) mass is 197 g/mol. The predicted octanol–water partition coefficient (Wildman–Crippen LogP) is 0.919. The van der Waals surface area contributed by atoms with Crippen LogP contribution < -0.4 is 5.32 Å². The molecule has 0 aliphatic carbocycles. The molecule has 0 saturated carbocycles. The highest BCUT2D eigenvalue weighted by Gasteiger charge is 2.22. The molecule has 3 nitrogen and oxygen atoms in total. The molecule has 1 saturated heterocycles. The molecule has 1 aliphatic heterocycles. The average Bonchev–Trinajstić information content (AvgIpc) is 2.71. The van der Waals surface area contributed by atoms with Crippen molar-refractivity contribution >= 4 is 17.1 Å². The van der Waals surface area contributed by atoms with Gasteiger partial charge in [-0.1, -0.05) is 0 Å². The second-order valence-corrected chi connectivity index (χ2v) is 3.72. The normalized spacial score (nSPS) is 22.9. The minimum atomic E-state index is -0.289. The van der Waals surface area contributed by atoms with E-state index in [0.29, 0.717) is 13.2 Å². The maximum absolute atomic E-state index is 11.7. The summed E-state index contributed by atoms with van der Waals surface area (Å²) < 4.78 is 5.36. The van der Waals surface area contributed by atoms with Crippen LogP contribution in [0.5, 0.6) is 0 Å². The first-order valence-electron chi connectivity index (χ1n) is 4.26. The van der Waals surface area contributed by atoms with Crippen LogP contribution >= 0.6 is 11.3 Å². The van der Waals surface area contributed by atoms with Crippen molar-refractivity contribution in [2.45, 2.75) is 6.10 Å². The molecule has 13 heavy (non-hydrogen) atoms. The summed E-state index contributed by atoms with van der Waals surface area (Å²) in [5.41, 5.74) is 0.763. The second kappa shape index (κ2) is 4.00. The summed E-state index contributed by atoms with van der Waals surface area (Å²) in [7, 11) is 0. The lowest BCUT2D eigenvalue weighted by Crippen LogP contribution is -2.42. The Kier molecular flexibility index (Phi) is 2.73. The molecule has 4 heteroatoms. The number of ether oxygens (including phenoxy) is 1. The topological polar surface area (TPSA) is 38.3 Å². The molecule has 70 valence electrons. The smallest absolute Gasteiger partial charge is 0.193 e. The van der Waals surface area contributed by atoms with Gasteiger partial charge < -0.3 is 10.1 Å². The molecule has 1 N–H and O–H groups in total. The zero-order chi connectivity index (χ0) is 9.10. The van der Waals surface area contributed by atoms with Gasteiger partial charge in [0, 0.05) is 24.0 Å². The third kappa shape index (κ3) is 1.96. The summed E-state index contributed by atoms with van der Waals surface area (Å²) in [4.78, 5) is 11.7. The quantitative estimate of drug-likeness (QED) is 0.716. The first-order chi connectivity index (χ1) is 6.38. The van der Waals surface area contributed by atoms with E-state index in [1.54, 1.807) is 0 Å². The third-order valence-corrected chi connectivity index (χ3v) is 2.71. The molecule has 1 aliphatic rings. The highest BCUT2D eigenvalue weighted by molar-refractivity contribution is 7.08. The molecule has 0 radical (unpaired) electrons. The van der Waals surface area contributed by atoms with Gasteiger partial charge in [-0.15, -0.1) is 0 Å². The number of Topliss-reactive ketones (excluding diaryl/α,β-unsaturated/α-hetero) is 1. The van der Waals surface area contributed by atoms with Crippen molar-refractivity contribution < 1.29 is 9.53 Å². The van der Waals surface area contributed by atoms with Crippen molar-refractivity contribution in [2.75, 3.05) is 19.7 Å². The van der Waals surface area contributed by atoms with Gasteiger partial charge in [0.05, 0.1) is 6.61 Å². The zero-order valence-electron chi connectivity index (χ0n) is 7.16. The highest BCUT2D eigenvalue weighted by atomic mass is 32.1. The van der Waals surface area contributed by atoms with Crippen molar-refractivity contribution in [3.05, 3.63) is 22.4 Å². The van der Waals surface area contributed by atoms with Gasteiger partial charge in [-0.3, -0.25) is 4.79 Å². The van der Waals surface area contributed by atoms with E-state index in [0.717, 1.165) is 12.1 Å². The van der Waals surface area contributed by atoms with Crippen LogP contribution in [0.15, 0.2) is 16.8 Å². The Hall–Kier alpha value is -0.710. The van der Waals surface area contributed by atoms with Crippen molar-refractivity contribution in [3.63, 3.8) is 0 Å². The summed E-state index contributed by atoms with van der Waals surface area (Å²) >= 11 is 1.54. The second-order valence-electron chi connectivity index (χ2n) is 2.94. The van der Waals surface area contributed by atoms with Crippen LogP contribution in [0.3, 0.4) is 0 Å². The van der Waals surface area contributed by atoms with Gasteiger partial charge in [-0.05, 0) is 11.4 Å². The minimum absolute atomic E-state index is 0.0912. The third-order valence-electron chi connectivity index (χ3n) is 2.03. The van der Waals surface area contributed by atoms with Crippen LogP contribution in [0.1, 0.15) is 10.4 Å². The Morgan fingerprint density at radius 1 is 1.69 bits per heavy atom. The average molecular weight is 197 g/mol. The van der Waals surface area contributed by atoms with Gasteiger partial charge in [0.2, 0.25) is 0 Å². The van der Waals surface area contributed by atoms with Crippen LogP contribution in [0.25, 0.3) is 0 Å². The first kappa shape index (κ1) is 8.87. The number of hydrogen-bond acceptors (Lipinski definition) is 4. The predicted molar refractivity (Wildman–Crippen MR) is 51.3 cm³/mol. The lowest BCUT2D eigenvalue weighted by Gasteiger charge is -2.21. The van der Waals surface area contributed by atoms with E-state index in [1.165, 1.54) is 11.3 Å². The Bertz CT molecular complexity index is 278. The number of nitrogens with one attached hydrogen (secondary N) is 1. The van der Waals surface area contributed by atoms with Crippen molar-refractivity contribution in [3.8, 4) is 0 Å². The number of rotatable bonds is 2. The van der Waals surface area contributed by atoms with Crippen LogP contribution in [0, 0.1) is 0 Å². The largest absolute Gasteiger partial charge is 0.367 e. The van der Waals surface area contributed by atoms with Crippen LogP contribution in [0.4, 0.5) is 0 Å². The Morgan fingerprint density at radius 3 is 3.23 bits per heavy atom. The molecule has 1 fully saturated rings. The maximum Gasteiger partial charge on any atom is 0.193 e. The van der Waals surface area contributed by atoms with Crippen LogP contribution in [0.2, 0.25) is 0 Å². The highest BCUT2D eigenvalue weighted by Crippen LogP contribution is 2.11.